The Balaban J connectivity index is 1.23. The molecule has 0 atom stereocenters. The van der Waals surface area contributed by atoms with E-state index >= 15 is 0 Å². The van der Waals surface area contributed by atoms with Crippen molar-refractivity contribution >= 4 is 23.0 Å². The number of anilines is 3. The van der Waals surface area contributed by atoms with Gasteiger partial charge in [-0.05, 0) is 52.9 Å². The molecule has 7 nitrogen and oxygen atoms in total. The van der Waals surface area contributed by atoms with Gasteiger partial charge in [-0.2, -0.15) is 4.39 Å². The molecule has 0 spiro atoms. The lowest BCUT2D eigenvalue weighted by molar-refractivity contribution is -0.169. The van der Waals surface area contributed by atoms with E-state index in [-0.39, 0.29) is 24.4 Å². The van der Waals surface area contributed by atoms with Gasteiger partial charge in [0, 0.05) is 37.6 Å². The first-order valence-corrected chi connectivity index (χ1v) is 12.2. The molecule has 8 heteroatoms. The number of hydrogen-bond acceptors (Lipinski definition) is 6. The molecule has 3 aromatic rings. The fourth-order valence-corrected chi connectivity index (χ4v) is 4.17. The summed E-state index contributed by atoms with van der Waals surface area (Å²) < 4.78 is 13.0. The summed E-state index contributed by atoms with van der Waals surface area (Å²) in [5, 5.41) is 14.5. The van der Waals surface area contributed by atoms with Crippen molar-refractivity contribution in [1.29, 1.82) is 0 Å². The van der Waals surface area contributed by atoms with Gasteiger partial charge >= 0.3 is 0 Å². The third kappa shape index (κ3) is 6.80. The van der Waals surface area contributed by atoms with Gasteiger partial charge in [-0.1, -0.05) is 45.0 Å². The quantitative estimate of drug-likeness (QED) is 0.281. The van der Waals surface area contributed by atoms with Gasteiger partial charge < -0.3 is 10.2 Å². The van der Waals surface area contributed by atoms with Crippen molar-refractivity contribution in [3.05, 3.63) is 83.9 Å². The number of pyridine rings is 1. The highest BCUT2D eigenvalue weighted by atomic mass is 19.1. The summed E-state index contributed by atoms with van der Waals surface area (Å²) in [5.41, 5.74) is 5.05. The molecule has 0 radical (unpaired) electrons. The first kappa shape index (κ1) is 25.6. The van der Waals surface area contributed by atoms with Crippen LogP contribution in [0, 0.1) is 5.95 Å². The first-order valence-electron chi connectivity index (χ1n) is 12.2. The molecule has 0 unspecified atom stereocenters. The number of aromatic nitrogens is 1. The van der Waals surface area contributed by atoms with Gasteiger partial charge in [0.05, 0.1) is 25.0 Å². The second-order valence-corrected chi connectivity index (χ2v) is 10.2. The molecule has 1 saturated heterocycles. The van der Waals surface area contributed by atoms with Crippen LogP contribution in [0.15, 0.2) is 66.9 Å². The number of nitrogens with one attached hydrogen (secondary N) is 1. The number of halogens is 1. The molecule has 4 rings (SSSR count). The highest BCUT2D eigenvalue weighted by Crippen LogP contribution is 2.25. The summed E-state index contributed by atoms with van der Waals surface area (Å²) in [7, 11) is 0. The van der Waals surface area contributed by atoms with Gasteiger partial charge in [0.2, 0.25) is 5.95 Å². The van der Waals surface area contributed by atoms with Crippen molar-refractivity contribution in [3.8, 4) is 0 Å². The zero-order chi connectivity index (χ0) is 25.7. The summed E-state index contributed by atoms with van der Waals surface area (Å²) in [5.74, 6) is -0.837. The van der Waals surface area contributed by atoms with Gasteiger partial charge in [-0.3, -0.25) is 14.9 Å². The summed E-state index contributed by atoms with van der Waals surface area (Å²) in [6.45, 7) is 9.61. The molecule has 0 saturated carbocycles. The van der Waals surface area contributed by atoms with Crippen molar-refractivity contribution in [2.24, 2.45) is 0 Å². The minimum Gasteiger partial charge on any atom is -0.368 e. The highest BCUT2D eigenvalue weighted by molar-refractivity contribution is 5.77. The summed E-state index contributed by atoms with van der Waals surface area (Å²) in [6, 6.07) is 19.1. The van der Waals surface area contributed by atoms with Crippen molar-refractivity contribution in [2.45, 2.75) is 32.7 Å². The van der Waals surface area contributed by atoms with Gasteiger partial charge in [0.15, 0.2) is 0 Å². The topological polar surface area (TPSA) is 71.9 Å². The number of carbonyl (C=O) groups is 1. The lowest BCUT2D eigenvalue weighted by Crippen LogP contribution is -2.49. The van der Waals surface area contributed by atoms with Crippen LogP contribution < -0.4 is 10.2 Å². The fraction of sp³-hybridized carbons (Fsp3) is 0.357. The van der Waals surface area contributed by atoms with E-state index in [1.54, 1.807) is 6.07 Å². The van der Waals surface area contributed by atoms with Gasteiger partial charge in [0.1, 0.15) is 0 Å². The van der Waals surface area contributed by atoms with E-state index in [1.165, 1.54) is 17.8 Å². The number of amides is 1. The zero-order valence-corrected chi connectivity index (χ0v) is 21.1. The third-order valence-electron chi connectivity index (χ3n) is 6.42. The number of carbonyl (C=O) groups excluding carboxylic acids is 1. The predicted molar refractivity (Wildman–Crippen MR) is 140 cm³/mol. The third-order valence-corrected chi connectivity index (χ3v) is 6.42. The van der Waals surface area contributed by atoms with Crippen molar-refractivity contribution < 1.29 is 14.4 Å². The molecule has 2 N–H and O–H groups in total. The number of hydroxylamine groups is 2. The van der Waals surface area contributed by atoms with Crippen LogP contribution in [-0.4, -0.2) is 58.8 Å². The van der Waals surface area contributed by atoms with E-state index < -0.39 is 5.95 Å². The monoisotopic (exact) mass is 491 g/mol. The Morgan fingerprint density at radius 3 is 2.14 bits per heavy atom. The van der Waals surface area contributed by atoms with E-state index in [9.17, 15) is 14.4 Å². The SMILES string of the molecule is CC(C)(C)c1ccc(Nc2ccc(CN(O)C(=O)CN3CCN(c4ccc(F)nc4)CC3)cc2)cc1. The highest BCUT2D eigenvalue weighted by Gasteiger charge is 2.22. The van der Waals surface area contributed by atoms with E-state index in [0.29, 0.717) is 26.2 Å². The Hall–Kier alpha value is -3.49. The molecule has 0 aliphatic carbocycles. The minimum atomic E-state index is -0.497. The number of hydrogen-bond donors (Lipinski definition) is 2. The zero-order valence-electron chi connectivity index (χ0n) is 21.1. The number of rotatable bonds is 7. The lowest BCUT2D eigenvalue weighted by Gasteiger charge is -2.35. The summed E-state index contributed by atoms with van der Waals surface area (Å²) in [6.07, 6.45) is 1.52. The number of nitrogens with zero attached hydrogens (tertiary/aromatic N) is 4. The Bertz CT molecular complexity index is 1140. The Kier molecular flexibility index (Phi) is 7.86. The van der Waals surface area contributed by atoms with Gasteiger partial charge in [-0.25, -0.2) is 10.0 Å². The molecular formula is C28H34FN5O2. The molecule has 190 valence electrons. The molecule has 1 fully saturated rings. The van der Waals surface area contributed by atoms with Crippen LogP contribution in [-0.2, 0) is 16.8 Å². The number of benzene rings is 2. The van der Waals surface area contributed by atoms with Crippen LogP contribution in [0.5, 0.6) is 0 Å². The number of piperazine rings is 1. The van der Waals surface area contributed by atoms with Gasteiger partial charge in [0.25, 0.3) is 5.91 Å². The average molecular weight is 492 g/mol. The molecule has 1 aliphatic rings. The van der Waals surface area contributed by atoms with E-state index in [1.807, 2.05) is 29.2 Å². The maximum atomic E-state index is 13.0. The van der Waals surface area contributed by atoms with Crippen LogP contribution in [0.4, 0.5) is 21.5 Å². The maximum absolute atomic E-state index is 13.0. The van der Waals surface area contributed by atoms with Crippen LogP contribution in [0.3, 0.4) is 0 Å². The summed E-state index contributed by atoms with van der Waals surface area (Å²) in [4.78, 5) is 20.4. The Labute approximate surface area is 212 Å². The first-order chi connectivity index (χ1) is 17.2. The molecule has 2 heterocycles. The van der Waals surface area contributed by atoms with Crippen molar-refractivity contribution in [1.82, 2.24) is 14.9 Å². The average Bonchev–Trinajstić information content (AvgIpc) is 2.86. The molecule has 0 bridgehead atoms. The van der Waals surface area contributed by atoms with Crippen LogP contribution in [0.25, 0.3) is 0 Å². The van der Waals surface area contributed by atoms with E-state index in [0.717, 1.165) is 27.7 Å². The molecule has 2 aromatic carbocycles. The molecule has 36 heavy (non-hydrogen) atoms. The van der Waals surface area contributed by atoms with Gasteiger partial charge in [-0.15, -0.1) is 0 Å². The van der Waals surface area contributed by atoms with Crippen LogP contribution in [0.2, 0.25) is 0 Å². The minimum absolute atomic E-state index is 0.115. The molecule has 1 aliphatic heterocycles. The normalized spacial score (nSPS) is 14.5. The second kappa shape index (κ2) is 11.1. The maximum Gasteiger partial charge on any atom is 0.260 e. The van der Waals surface area contributed by atoms with E-state index in [4.69, 9.17) is 0 Å². The van der Waals surface area contributed by atoms with Crippen molar-refractivity contribution in [2.75, 3.05) is 42.9 Å². The second-order valence-electron chi connectivity index (χ2n) is 10.2. The molecule has 1 aromatic heterocycles. The largest absolute Gasteiger partial charge is 0.368 e. The van der Waals surface area contributed by atoms with E-state index in [2.05, 4.69) is 60.2 Å². The Morgan fingerprint density at radius 2 is 1.58 bits per heavy atom. The van der Waals surface area contributed by atoms with Crippen LogP contribution in [0.1, 0.15) is 31.9 Å². The van der Waals surface area contributed by atoms with Crippen LogP contribution >= 0.6 is 0 Å². The predicted octanol–water partition coefficient (Wildman–Crippen LogP) is 4.80. The standard InChI is InChI=1S/C28H34FN5O2/c1-28(2,3)22-6-10-24(11-7-22)31-23-8-4-21(5-9-23)19-34(36)27(35)20-32-14-16-33(17-15-32)25-12-13-26(29)30-18-25/h4-13,18,31,36H,14-17,19-20H2,1-3H3. The molecular weight excluding hydrogens is 457 g/mol. The Morgan fingerprint density at radius 1 is 0.972 bits per heavy atom. The fourth-order valence-electron chi connectivity index (χ4n) is 4.17. The summed E-state index contributed by atoms with van der Waals surface area (Å²) >= 11 is 0. The van der Waals surface area contributed by atoms with Crippen molar-refractivity contribution in [3.63, 3.8) is 0 Å². The molecule has 1 amide bonds. The lowest BCUT2D eigenvalue weighted by atomic mass is 9.87. The smallest absolute Gasteiger partial charge is 0.260 e.